The normalized spacial score (nSPS) is 21.1. The van der Waals surface area contributed by atoms with Crippen LogP contribution in [0.2, 0.25) is 0 Å². The zero-order chi connectivity index (χ0) is 18.9. The summed E-state index contributed by atoms with van der Waals surface area (Å²) in [5.41, 5.74) is 5.27. The first-order valence-corrected chi connectivity index (χ1v) is 9.60. The molecule has 3 aromatic rings. The fourth-order valence-corrected chi connectivity index (χ4v) is 4.19. The maximum atomic E-state index is 13.3. The van der Waals surface area contributed by atoms with E-state index in [1.807, 2.05) is 54.6 Å². The number of amides is 1. The predicted octanol–water partition coefficient (Wildman–Crippen LogP) is 5.28. The Hall–Kier alpha value is -3.46. The van der Waals surface area contributed by atoms with E-state index in [1.54, 1.807) is 5.01 Å². The van der Waals surface area contributed by atoms with Gasteiger partial charge >= 0.3 is 0 Å². The molecule has 1 aliphatic carbocycles. The van der Waals surface area contributed by atoms with Crippen molar-refractivity contribution in [3.63, 3.8) is 0 Å². The van der Waals surface area contributed by atoms with Gasteiger partial charge in [-0.3, -0.25) is 4.79 Å². The van der Waals surface area contributed by atoms with Crippen LogP contribution in [0.5, 0.6) is 0 Å². The fraction of sp³-hybridized carbons (Fsp3) is 0.120. The van der Waals surface area contributed by atoms with Crippen LogP contribution in [0, 0.1) is 5.92 Å². The van der Waals surface area contributed by atoms with Crippen molar-refractivity contribution < 1.29 is 4.79 Å². The molecule has 0 saturated carbocycles. The van der Waals surface area contributed by atoms with E-state index >= 15 is 0 Å². The number of hydrogen-bond donors (Lipinski definition) is 0. The molecule has 3 heteroatoms. The monoisotopic (exact) mass is 364 g/mol. The molecular formula is C25H20N2O. The molecule has 0 spiro atoms. The molecule has 0 radical (unpaired) electrons. The van der Waals surface area contributed by atoms with E-state index in [9.17, 15) is 4.79 Å². The molecule has 0 N–H and O–H groups in total. The highest BCUT2D eigenvalue weighted by Crippen LogP contribution is 2.43. The SMILES string of the molecule is O=C1C2C(=NN1c1ccccc1)C=C(c1ccccc1)CC2c1ccccc1. The van der Waals surface area contributed by atoms with Crippen LogP contribution in [0.1, 0.15) is 23.5 Å². The van der Waals surface area contributed by atoms with E-state index in [0.717, 1.165) is 17.8 Å². The number of carbonyl (C=O) groups is 1. The molecule has 1 amide bonds. The molecule has 0 saturated heterocycles. The Bertz CT molecular complexity index is 1060. The van der Waals surface area contributed by atoms with Crippen molar-refractivity contribution in [1.29, 1.82) is 0 Å². The van der Waals surface area contributed by atoms with E-state index in [-0.39, 0.29) is 17.7 Å². The van der Waals surface area contributed by atoms with Gasteiger partial charge in [0.15, 0.2) is 0 Å². The van der Waals surface area contributed by atoms with Crippen molar-refractivity contribution in [2.75, 3.05) is 5.01 Å². The first-order valence-electron chi connectivity index (χ1n) is 9.60. The highest BCUT2D eigenvalue weighted by Gasteiger charge is 2.44. The highest BCUT2D eigenvalue weighted by molar-refractivity contribution is 6.22. The fourth-order valence-electron chi connectivity index (χ4n) is 4.19. The summed E-state index contributed by atoms with van der Waals surface area (Å²) in [5.74, 6) is -0.102. The Labute approximate surface area is 164 Å². The lowest BCUT2D eigenvalue weighted by atomic mass is 9.73. The second-order valence-electron chi connectivity index (χ2n) is 7.25. The number of nitrogens with zero attached hydrogens (tertiary/aromatic N) is 2. The molecule has 136 valence electrons. The second kappa shape index (κ2) is 6.93. The van der Waals surface area contributed by atoms with Crippen molar-refractivity contribution in [3.05, 3.63) is 108 Å². The number of fused-ring (bicyclic) bond motifs is 1. The van der Waals surface area contributed by atoms with Gasteiger partial charge in [-0.05, 0) is 41.3 Å². The topological polar surface area (TPSA) is 32.7 Å². The number of hydrogen-bond acceptors (Lipinski definition) is 2. The number of anilines is 1. The molecule has 0 bridgehead atoms. The summed E-state index contributed by atoms with van der Waals surface area (Å²) in [5, 5.41) is 6.31. The summed E-state index contributed by atoms with van der Waals surface area (Å²) in [6.45, 7) is 0. The van der Waals surface area contributed by atoms with E-state index < -0.39 is 0 Å². The van der Waals surface area contributed by atoms with Gasteiger partial charge < -0.3 is 0 Å². The summed E-state index contributed by atoms with van der Waals surface area (Å²) in [6.07, 6.45) is 2.94. The van der Waals surface area contributed by atoms with Crippen LogP contribution in [-0.2, 0) is 4.79 Å². The third-order valence-electron chi connectivity index (χ3n) is 5.55. The molecule has 2 aliphatic rings. The first kappa shape index (κ1) is 16.7. The Kier molecular flexibility index (Phi) is 4.13. The number of benzene rings is 3. The molecule has 3 aromatic carbocycles. The average Bonchev–Trinajstić information content (AvgIpc) is 3.11. The summed E-state index contributed by atoms with van der Waals surface area (Å²) in [4.78, 5) is 13.3. The number of carbonyl (C=O) groups excluding carboxylic acids is 1. The molecule has 3 nitrogen and oxygen atoms in total. The largest absolute Gasteiger partial charge is 0.272 e. The van der Waals surface area contributed by atoms with Gasteiger partial charge in [0.25, 0.3) is 5.91 Å². The van der Waals surface area contributed by atoms with Crippen molar-refractivity contribution in [3.8, 4) is 0 Å². The van der Waals surface area contributed by atoms with Crippen LogP contribution in [0.25, 0.3) is 5.57 Å². The van der Waals surface area contributed by atoms with E-state index in [2.05, 4.69) is 42.5 Å². The lowest BCUT2D eigenvalue weighted by molar-refractivity contribution is -0.120. The summed E-state index contributed by atoms with van der Waals surface area (Å²) >= 11 is 0. The average molecular weight is 364 g/mol. The molecular weight excluding hydrogens is 344 g/mol. The first-order chi connectivity index (χ1) is 13.8. The second-order valence-corrected chi connectivity index (χ2v) is 7.25. The Balaban J connectivity index is 1.61. The number of rotatable bonds is 3. The summed E-state index contributed by atoms with van der Waals surface area (Å²) < 4.78 is 0. The van der Waals surface area contributed by atoms with Gasteiger partial charge in [-0.2, -0.15) is 10.1 Å². The predicted molar refractivity (Wildman–Crippen MR) is 113 cm³/mol. The molecule has 0 aromatic heterocycles. The van der Waals surface area contributed by atoms with Gasteiger partial charge in [-0.15, -0.1) is 0 Å². The van der Waals surface area contributed by atoms with Crippen molar-refractivity contribution >= 4 is 22.9 Å². The maximum Gasteiger partial charge on any atom is 0.257 e. The smallest absolute Gasteiger partial charge is 0.257 e. The van der Waals surface area contributed by atoms with Crippen LogP contribution < -0.4 is 5.01 Å². The molecule has 2 unspecified atom stereocenters. The van der Waals surface area contributed by atoms with Crippen LogP contribution in [0.4, 0.5) is 5.69 Å². The van der Waals surface area contributed by atoms with Crippen LogP contribution >= 0.6 is 0 Å². The molecule has 0 fully saturated rings. The Morgan fingerprint density at radius 3 is 2.07 bits per heavy atom. The van der Waals surface area contributed by atoms with Gasteiger partial charge in [0.05, 0.1) is 17.3 Å². The van der Waals surface area contributed by atoms with Gasteiger partial charge in [-0.25, -0.2) is 0 Å². The van der Waals surface area contributed by atoms with E-state index in [0.29, 0.717) is 0 Å². The van der Waals surface area contributed by atoms with Crippen molar-refractivity contribution in [2.45, 2.75) is 12.3 Å². The minimum absolute atomic E-state index is 0.0541. The van der Waals surface area contributed by atoms with E-state index in [1.165, 1.54) is 16.7 Å². The molecule has 1 aliphatic heterocycles. The third-order valence-corrected chi connectivity index (χ3v) is 5.55. The van der Waals surface area contributed by atoms with Gasteiger partial charge in [-0.1, -0.05) is 78.9 Å². The molecule has 1 heterocycles. The van der Waals surface area contributed by atoms with Crippen molar-refractivity contribution in [1.82, 2.24) is 0 Å². The van der Waals surface area contributed by atoms with Gasteiger partial charge in [0.1, 0.15) is 0 Å². The Morgan fingerprint density at radius 1 is 0.786 bits per heavy atom. The molecule has 28 heavy (non-hydrogen) atoms. The highest BCUT2D eigenvalue weighted by atomic mass is 16.2. The van der Waals surface area contributed by atoms with E-state index in [4.69, 9.17) is 5.10 Å². The third kappa shape index (κ3) is 2.85. The number of para-hydroxylation sites is 1. The van der Waals surface area contributed by atoms with Gasteiger partial charge in [0.2, 0.25) is 0 Å². The standard InChI is InChI=1S/C25H20N2O/c28-25-24-22(19-12-6-2-7-13-19)16-20(18-10-4-1-5-11-18)17-23(24)26-27(25)21-14-8-3-9-15-21/h1-15,17,22,24H,16H2. The lowest BCUT2D eigenvalue weighted by Crippen LogP contribution is -2.33. The number of allylic oxidation sites excluding steroid dienone is 2. The Morgan fingerprint density at radius 2 is 1.39 bits per heavy atom. The molecule has 5 rings (SSSR count). The minimum atomic E-state index is -0.241. The minimum Gasteiger partial charge on any atom is -0.272 e. The molecule has 2 atom stereocenters. The van der Waals surface area contributed by atoms with Crippen LogP contribution in [-0.4, -0.2) is 11.6 Å². The quantitative estimate of drug-likeness (QED) is 0.623. The zero-order valence-corrected chi connectivity index (χ0v) is 15.4. The van der Waals surface area contributed by atoms with Gasteiger partial charge in [0, 0.05) is 5.92 Å². The summed E-state index contributed by atoms with van der Waals surface area (Å²) in [7, 11) is 0. The van der Waals surface area contributed by atoms with Crippen LogP contribution in [0.3, 0.4) is 0 Å². The lowest BCUT2D eigenvalue weighted by Gasteiger charge is -2.29. The van der Waals surface area contributed by atoms with Crippen LogP contribution in [0.15, 0.2) is 102 Å². The van der Waals surface area contributed by atoms with Crippen molar-refractivity contribution in [2.24, 2.45) is 11.0 Å². The zero-order valence-electron chi connectivity index (χ0n) is 15.4. The maximum absolute atomic E-state index is 13.3. The number of hydrazone groups is 1. The summed E-state index contributed by atoms with van der Waals surface area (Å²) in [6, 6.07) is 30.4.